The van der Waals surface area contributed by atoms with E-state index in [2.05, 4.69) is 20.8 Å². The number of rotatable bonds is 2. The van der Waals surface area contributed by atoms with Gasteiger partial charge in [0.05, 0.1) is 0 Å². The van der Waals surface area contributed by atoms with E-state index in [9.17, 15) is 0 Å². The van der Waals surface area contributed by atoms with E-state index < -0.39 is 0 Å². The van der Waals surface area contributed by atoms with Crippen LogP contribution in [0.5, 0.6) is 0 Å². The summed E-state index contributed by atoms with van der Waals surface area (Å²) < 4.78 is 0. The molecule has 38 valence electrons. The Kier molecular flexibility index (Phi) is 10.9. The smallest absolute Gasteiger partial charge is 0.343 e. The van der Waals surface area contributed by atoms with Crippen LogP contribution in [0.15, 0.2) is 0 Å². The van der Waals surface area contributed by atoms with Gasteiger partial charge in [-0.05, 0) is 0 Å². The largest absolute Gasteiger partial charge is 1.00 e. The molecule has 0 aromatic rings. The van der Waals surface area contributed by atoms with Crippen LogP contribution < -0.4 is 29.6 Å². The number of hydrogen-bond acceptors (Lipinski definition) is 0. The van der Waals surface area contributed by atoms with Crippen molar-refractivity contribution in [3.63, 3.8) is 0 Å². The summed E-state index contributed by atoms with van der Waals surface area (Å²) in [4.78, 5) is 0. The minimum Gasteiger partial charge on any atom is -0.343 e. The van der Waals surface area contributed by atoms with Gasteiger partial charge in [0.25, 0.3) is 0 Å². The van der Waals surface area contributed by atoms with Crippen LogP contribution in [0.1, 0.15) is 26.7 Å². The van der Waals surface area contributed by atoms with Crippen LogP contribution in [0.25, 0.3) is 0 Å². The molecule has 0 spiro atoms. The Morgan fingerprint density at radius 3 is 2.00 bits per heavy atom. The van der Waals surface area contributed by atoms with E-state index in [0.29, 0.717) is 0 Å². The molecule has 0 amide bonds. The van der Waals surface area contributed by atoms with Gasteiger partial charge in [-0.25, -0.2) is 0 Å². The van der Waals surface area contributed by atoms with Crippen molar-refractivity contribution in [3.8, 4) is 0 Å². The van der Waals surface area contributed by atoms with E-state index in [1.807, 2.05) is 0 Å². The van der Waals surface area contributed by atoms with Gasteiger partial charge in [-0.15, -0.1) is 0 Å². The Bertz CT molecular complexity index is 23.4. The zero-order valence-electron chi connectivity index (χ0n) is 5.70. The zero-order valence-corrected chi connectivity index (χ0v) is 7.70. The molecule has 0 heterocycles. The maximum absolute atomic E-state index is 3.76. The number of hydrogen-bond donors (Lipinski definition) is 0. The minimum absolute atomic E-state index is 0. The van der Waals surface area contributed by atoms with E-state index in [4.69, 9.17) is 0 Å². The van der Waals surface area contributed by atoms with E-state index in [0.717, 1.165) is 12.3 Å². The van der Waals surface area contributed by atoms with Crippen molar-refractivity contribution in [2.45, 2.75) is 26.7 Å². The van der Waals surface area contributed by atoms with Gasteiger partial charge in [-0.2, -0.15) is 6.42 Å². The molecule has 0 aliphatic carbocycles. The fourth-order valence-electron chi connectivity index (χ4n) is 0.204. The molecule has 0 N–H and O–H groups in total. The van der Waals surface area contributed by atoms with E-state index in [1.54, 1.807) is 0 Å². The van der Waals surface area contributed by atoms with Crippen LogP contribution in [0.3, 0.4) is 0 Å². The van der Waals surface area contributed by atoms with Crippen molar-refractivity contribution in [3.05, 3.63) is 6.92 Å². The fraction of sp³-hybridized carbons (Fsp3) is 0.833. The summed E-state index contributed by atoms with van der Waals surface area (Å²) in [6.45, 7) is 8.16. The van der Waals surface area contributed by atoms with Crippen molar-refractivity contribution in [1.29, 1.82) is 0 Å². The first-order valence-electron chi connectivity index (χ1n) is 2.60. The average molecular weight is 108 g/mol. The Morgan fingerprint density at radius 2 is 2.00 bits per heavy atom. The molecule has 0 aliphatic rings. The van der Waals surface area contributed by atoms with Gasteiger partial charge in [0.15, 0.2) is 0 Å². The maximum Gasteiger partial charge on any atom is 1.00 e. The molecule has 0 rings (SSSR count). The summed E-state index contributed by atoms with van der Waals surface area (Å²) in [6, 6.07) is 0. The Hall–Kier alpha value is 1.00. The van der Waals surface area contributed by atoms with Gasteiger partial charge in [-0.1, -0.05) is 26.2 Å². The molecule has 0 aromatic carbocycles. The fourth-order valence-corrected chi connectivity index (χ4v) is 0.204. The van der Waals surface area contributed by atoms with Crippen molar-refractivity contribution in [2.24, 2.45) is 5.92 Å². The van der Waals surface area contributed by atoms with Crippen molar-refractivity contribution < 1.29 is 29.6 Å². The third-order valence-electron chi connectivity index (χ3n) is 1.19. The molecular weight excluding hydrogens is 95.1 g/mol. The van der Waals surface area contributed by atoms with Gasteiger partial charge < -0.3 is 6.92 Å². The molecule has 0 bridgehead atoms. The second kappa shape index (κ2) is 7.00. The second-order valence-corrected chi connectivity index (χ2v) is 1.80. The molecule has 7 heavy (non-hydrogen) atoms. The monoisotopic (exact) mass is 108 g/mol. The quantitative estimate of drug-likeness (QED) is 0.323. The normalized spacial score (nSPS) is 12.4. The standard InChI is InChI=1S/C6H13.Na/c1-4-6(3)5-2;/h6H,1,4-5H2,2-3H3;/q-1;+1. The molecular formula is C6H13Na. The summed E-state index contributed by atoms with van der Waals surface area (Å²) >= 11 is 0. The van der Waals surface area contributed by atoms with Crippen LogP contribution in [-0.2, 0) is 0 Å². The average Bonchev–Trinajstić information content (AvgIpc) is 1.65. The Morgan fingerprint density at radius 1 is 1.57 bits per heavy atom. The minimum atomic E-state index is 0. The van der Waals surface area contributed by atoms with Crippen molar-refractivity contribution in [2.75, 3.05) is 0 Å². The third-order valence-corrected chi connectivity index (χ3v) is 1.19. The third kappa shape index (κ3) is 7.00. The summed E-state index contributed by atoms with van der Waals surface area (Å²) in [5, 5.41) is 0. The first-order valence-corrected chi connectivity index (χ1v) is 2.60. The van der Waals surface area contributed by atoms with E-state index >= 15 is 0 Å². The van der Waals surface area contributed by atoms with Gasteiger partial charge in [0, 0.05) is 0 Å². The van der Waals surface area contributed by atoms with Gasteiger partial charge >= 0.3 is 29.6 Å². The van der Waals surface area contributed by atoms with Crippen LogP contribution in [0.4, 0.5) is 0 Å². The second-order valence-electron chi connectivity index (χ2n) is 1.80. The van der Waals surface area contributed by atoms with Gasteiger partial charge in [0.1, 0.15) is 0 Å². The molecule has 0 radical (unpaired) electrons. The van der Waals surface area contributed by atoms with Crippen molar-refractivity contribution in [1.82, 2.24) is 0 Å². The molecule has 1 atom stereocenters. The van der Waals surface area contributed by atoms with Gasteiger partial charge in [-0.3, -0.25) is 0 Å². The Labute approximate surface area is 69.0 Å². The van der Waals surface area contributed by atoms with E-state index in [1.165, 1.54) is 6.42 Å². The van der Waals surface area contributed by atoms with Crippen LogP contribution in [-0.4, -0.2) is 0 Å². The molecule has 0 aromatic heterocycles. The summed E-state index contributed by atoms with van der Waals surface area (Å²) in [5.41, 5.74) is 0. The molecule has 0 aliphatic heterocycles. The van der Waals surface area contributed by atoms with Crippen LogP contribution in [0.2, 0.25) is 0 Å². The maximum atomic E-state index is 3.76. The van der Waals surface area contributed by atoms with E-state index in [-0.39, 0.29) is 29.6 Å². The Balaban J connectivity index is 0. The molecule has 0 nitrogen and oxygen atoms in total. The van der Waals surface area contributed by atoms with Crippen LogP contribution in [0, 0.1) is 12.8 Å². The van der Waals surface area contributed by atoms with Crippen LogP contribution >= 0.6 is 0 Å². The summed E-state index contributed by atoms with van der Waals surface area (Å²) in [5.74, 6) is 0.824. The molecule has 0 saturated heterocycles. The molecule has 0 fully saturated rings. The topological polar surface area (TPSA) is 0 Å². The summed E-state index contributed by atoms with van der Waals surface area (Å²) in [7, 11) is 0. The molecule has 1 heteroatoms. The first kappa shape index (κ1) is 10.9. The first-order chi connectivity index (χ1) is 2.81. The SMILES string of the molecule is [CH2-]CC(C)CC.[Na+]. The predicted octanol–water partition coefficient (Wildman–Crippen LogP) is -0.739. The summed E-state index contributed by atoms with van der Waals surface area (Å²) in [6.07, 6.45) is 2.35. The zero-order chi connectivity index (χ0) is 4.99. The predicted molar refractivity (Wildman–Crippen MR) is 29.4 cm³/mol. The van der Waals surface area contributed by atoms with Crippen molar-refractivity contribution >= 4 is 0 Å². The van der Waals surface area contributed by atoms with Gasteiger partial charge in [0.2, 0.25) is 0 Å². The molecule has 0 saturated carbocycles. The molecule has 1 unspecified atom stereocenters.